The van der Waals surface area contributed by atoms with Crippen LogP contribution in [0.2, 0.25) is 10.2 Å². The smallest absolute Gasteiger partial charge is 0.219 e. The van der Waals surface area contributed by atoms with Crippen LogP contribution in [0.4, 0.5) is 11.5 Å². The molecule has 2 heterocycles. The highest BCUT2D eigenvalue weighted by Crippen LogP contribution is 2.36. The minimum Gasteiger partial charge on any atom is -0.351 e. The summed E-state index contributed by atoms with van der Waals surface area (Å²) in [4.78, 5) is 27.9. The molecule has 1 fully saturated rings. The van der Waals surface area contributed by atoms with Gasteiger partial charge in [-0.1, -0.05) is 55.2 Å². The molecule has 1 aromatic carbocycles. The summed E-state index contributed by atoms with van der Waals surface area (Å²) in [5.41, 5.74) is 3.68. The number of rotatable bonds is 6. The van der Waals surface area contributed by atoms with Gasteiger partial charge in [0.2, 0.25) is 6.41 Å². The summed E-state index contributed by atoms with van der Waals surface area (Å²) >= 11 is 12.8. The molecule has 1 aliphatic rings. The van der Waals surface area contributed by atoms with E-state index in [-0.39, 0.29) is 11.2 Å². The number of hydrogen-bond acceptors (Lipinski definition) is 4. The number of halogens is 2. The van der Waals surface area contributed by atoms with Crippen LogP contribution in [-0.2, 0) is 17.6 Å². The molecule has 1 saturated heterocycles. The van der Waals surface area contributed by atoms with Crippen LogP contribution < -0.4 is 4.90 Å². The van der Waals surface area contributed by atoms with Gasteiger partial charge in [-0.15, -0.1) is 0 Å². The predicted octanol–water partition coefficient (Wildman–Crippen LogP) is 4.82. The van der Waals surface area contributed by atoms with Crippen molar-refractivity contribution in [3.05, 3.63) is 51.1 Å². The van der Waals surface area contributed by atoms with Gasteiger partial charge < -0.3 is 9.80 Å². The number of hydrogen-bond donors (Lipinski definition) is 0. The molecule has 32 heavy (non-hydrogen) atoms. The van der Waals surface area contributed by atoms with Crippen LogP contribution in [0.25, 0.3) is 0 Å². The summed E-state index contributed by atoms with van der Waals surface area (Å²) in [6, 6.07) is 8.13. The number of para-hydroxylation sites is 1. The van der Waals surface area contributed by atoms with Crippen LogP contribution in [0.1, 0.15) is 37.5 Å². The Morgan fingerprint density at radius 3 is 2.44 bits per heavy atom. The topological polar surface area (TPSA) is 52.0 Å². The number of carbonyl (C=O) groups excluding carboxylic acids is 1. The lowest BCUT2D eigenvalue weighted by Gasteiger charge is -2.40. The quantitative estimate of drug-likeness (QED) is 0.260. The summed E-state index contributed by atoms with van der Waals surface area (Å²) in [5.74, 6) is 1.20. The number of amidine groups is 1. The Bertz CT molecular complexity index is 988. The van der Waals surface area contributed by atoms with Crippen LogP contribution in [0.5, 0.6) is 0 Å². The highest BCUT2D eigenvalue weighted by Gasteiger charge is 2.30. The number of piperazine rings is 1. The second kappa shape index (κ2) is 10.6. The summed E-state index contributed by atoms with van der Waals surface area (Å²) in [7, 11) is 3.88. The zero-order valence-electron chi connectivity index (χ0n) is 19.4. The molecule has 6 nitrogen and oxygen atoms in total. The maximum atomic E-state index is 12.5. The monoisotopic (exact) mass is 475 g/mol. The fourth-order valence-electron chi connectivity index (χ4n) is 4.40. The number of aromatic nitrogens is 1. The van der Waals surface area contributed by atoms with Crippen molar-refractivity contribution in [2.24, 2.45) is 4.99 Å². The molecular formula is C24H31Cl2N5O. The van der Waals surface area contributed by atoms with Crippen LogP contribution >= 0.6 is 23.2 Å². The molecule has 0 spiro atoms. The van der Waals surface area contributed by atoms with Gasteiger partial charge in [0.1, 0.15) is 11.0 Å². The van der Waals surface area contributed by atoms with E-state index in [9.17, 15) is 4.79 Å². The lowest BCUT2D eigenvalue weighted by atomic mass is 10.0. The first-order valence-electron chi connectivity index (χ1n) is 11.0. The molecule has 1 amide bonds. The van der Waals surface area contributed by atoms with E-state index in [4.69, 9.17) is 23.2 Å². The molecule has 1 unspecified atom stereocenters. The lowest BCUT2D eigenvalue weighted by molar-refractivity contribution is -0.106. The third-order valence-corrected chi connectivity index (χ3v) is 6.68. The van der Waals surface area contributed by atoms with Gasteiger partial charge in [-0.2, -0.15) is 0 Å². The van der Waals surface area contributed by atoms with Gasteiger partial charge in [0.05, 0.1) is 16.3 Å². The number of aryl methyl sites for hydroxylation is 2. The highest BCUT2D eigenvalue weighted by molar-refractivity contribution is 6.41. The van der Waals surface area contributed by atoms with E-state index in [1.807, 2.05) is 18.2 Å². The number of anilines is 2. The average Bonchev–Trinajstić information content (AvgIpc) is 2.78. The Morgan fingerprint density at radius 1 is 1.25 bits per heavy atom. The van der Waals surface area contributed by atoms with Crippen molar-refractivity contribution in [3.8, 4) is 0 Å². The molecule has 0 bridgehead atoms. The highest BCUT2D eigenvalue weighted by atomic mass is 35.5. The summed E-state index contributed by atoms with van der Waals surface area (Å²) in [6.45, 7) is 8.98. The molecule has 0 N–H and O–H groups in total. The van der Waals surface area contributed by atoms with Crippen LogP contribution in [0.3, 0.4) is 0 Å². The third kappa shape index (κ3) is 4.77. The summed E-state index contributed by atoms with van der Waals surface area (Å²) < 4.78 is 0. The van der Waals surface area contributed by atoms with Gasteiger partial charge >= 0.3 is 0 Å². The van der Waals surface area contributed by atoms with Crippen LogP contribution in [-0.4, -0.2) is 66.8 Å². The second-order valence-corrected chi connectivity index (χ2v) is 8.86. The maximum absolute atomic E-state index is 12.5. The van der Waals surface area contributed by atoms with E-state index in [0.29, 0.717) is 16.4 Å². The van der Waals surface area contributed by atoms with Gasteiger partial charge in [-0.25, -0.2) is 4.98 Å². The van der Waals surface area contributed by atoms with Crippen molar-refractivity contribution in [3.63, 3.8) is 0 Å². The molecule has 0 radical (unpaired) electrons. The van der Waals surface area contributed by atoms with Crippen molar-refractivity contribution < 1.29 is 4.79 Å². The van der Waals surface area contributed by atoms with Gasteiger partial charge in [0.15, 0.2) is 5.82 Å². The second-order valence-electron chi connectivity index (χ2n) is 8.09. The maximum Gasteiger partial charge on any atom is 0.219 e. The Kier molecular flexibility index (Phi) is 8.15. The molecule has 1 aromatic heterocycles. The number of benzene rings is 1. The molecule has 1 atom stereocenters. The van der Waals surface area contributed by atoms with Crippen molar-refractivity contribution >= 4 is 47.0 Å². The molecule has 8 heteroatoms. The molecular weight excluding hydrogens is 445 g/mol. The van der Waals surface area contributed by atoms with E-state index < -0.39 is 0 Å². The number of nitrogens with zero attached hydrogens (tertiary/aromatic N) is 5. The number of aliphatic imine (C=N–C) groups is 1. The molecule has 3 rings (SSSR count). The predicted molar refractivity (Wildman–Crippen MR) is 134 cm³/mol. The SMILES string of the molecule is CCc1cccc(CC)c1N(C=O)c1nc(Cl)c(Cl)cc1/C(=N\C)N1CCN(C)CC1C. The lowest BCUT2D eigenvalue weighted by Crippen LogP contribution is -2.53. The average molecular weight is 476 g/mol. The molecule has 172 valence electrons. The van der Waals surface area contributed by atoms with Gasteiger partial charge in [-0.05, 0) is 44.0 Å². The van der Waals surface area contributed by atoms with Crippen molar-refractivity contribution in [2.45, 2.75) is 39.7 Å². The Labute approximate surface area is 200 Å². The van der Waals surface area contributed by atoms with E-state index in [1.165, 1.54) is 0 Å². The summed E-state index contributed by atoms with van der Waals surface area (Å²) in [6.07, 6.45) is 2.38. The fourth-order valence-corrected chi connectivity index (χ4v) is 4.68. The minimum atomic E-state index is 0.158. The molecule has 0 aliphatic carbocycles. The van der Waals surface area contributed by atoms with Crippen molar-refractivity contribution in [1.82, 2.24) is 14.8 Å². The number of likely N-dealkylation sites (N-methyl/N-ethyl adjacent to an activating group) is 1. The first-order chi connectivity index (χ1) is 15.4. The Hall–Kier alpha value is -2.15. The number of pyridine rings is 1. The zero-order valence-corrected chi connectivity index (χ0v) is 20.9. The van der Waals surface area contributed by atoms with E-state index in [2.05, 4.69) is 47.6 Å². The van der Waals surface area contributed by atoms with Crippen molar-refractivity contribution in [1.29, 1.82) is 0 Å². The first-order valence-corrected chi connectivity index (χ1v) is 11.7. The minimum absolute atomic E-state index is 0.158. The number of amides is 1. The first kappa shape index (κ1) is 24.5. The van der Waals surface area contributed by atoms with Crippen LogP contribution in [0, 0.1) is 0 Å². The van der Waals surface area contributed by atoms with Crippen molar-refractivity contribution in [2.75, 3.05) is 38.6 Å². The van der Waals surface area contributed by atoms with E-state index >= 15 is 0 Å². The Morgan fingerprint density at radius 2 is 1.91 bits per heavy atom. The van der Waals surface area contributed by atoms with Gasteiger partial charge in [0.25, 0.3) is 0 Å². The molecule has 2 aromatic rings. The summed E-state index contributed by atoms with van der Waals surface area (Å²) in [5, 5.41) is 0.491. The third-order valence-electron chi connectivity index (χ3n) is 6.01. The van der Waals surface area contributed by atoms with Crippen LogP contribution in [0.15, 0.2) is 29.3 Å². The fraction of sp³-hybridized carbons (Fsp3) is 0.458. The zero-order chi connectivity index (χ0) is 23.4. The molecule has 0 saturated carbocycles. The Balaban J connectivity index is 2.22. The normalized spacial score (nSPS) is 17.5. The number of carbonyl (C=O) groups is 1. The van der Waals surface area contributed by atoms with E-state index in [1.54, 1.807) is 18.0 Å². The van der Waals surface area contributed by atoms with Gasteiger partial charge in [0, 0.05) is 32.7 Å². The van der Waals surface area contributed by atoms with Gasteiger partial charge in [-0.3, -0.25) is 14.7 Å². The largest absolute Gasteiger partial charge is 0.351 e. The molecule has 1 aliphatic heterocycles. The standard InChI is InChI=1S/C24H31Cl2N5O/c1-6-17-9-8-10-18(7-2)21(17)31(15-32)24-19(13-20(25)22(26)28-24)23(27-4)30-12-11-29(5)14-16(30)3/h8-10,13,15-16H,6-7,11-12,14H2,1-5H3/b27-23+. The van der Waals surface area contributed by atoms with E-state index in [0.717, 1.165) is 61.5 Å².